The number of aryl methyl sites for hydroxylation is 2. The molecule has 4 aromatic rings. The van der Waals surface area contributed by atoms with Gasteiger partial charge in [-0.15, -0.1) is 0 Å². The number of nitrogens with zero attached hydrogens (tertiary/aromatic N) is 2. The van der Waals surface area contributed by atoms with Crippen LogP contribution in [0.15, 0.2) is 84.1 Å². The van der Waals surface area contributed by atoms with Gasteiger partial charge in [-0.1, -0.05) is 49.4 Å². The first-order chi connectivity index (χ1) is 14.5. The maximum absolute atomic E-state index is 13.1. The predicted molar refractivity (Wildman–Crippen MR) is 120 cm³/mol. The SMILES string of the molecule is CCc1ccccc1S(=O)(=O)NCC(c1cccnc1)c1cn(C)c2ccccc12. The maximum Gasteiger partial charge on any atom is 0.240 e. The lowest BCUT2D eigenvalue weighted by Gasteiger charge is -2.18. The second-order valence-corrected chi connectivity index (χ2v) is 9.10. The molecule has 0 spiro atoms. The van der Waals surface area contributed by atoms with E-state index in [4.69, 9.17) is 0 Å². The molecule has 0 amide bonds. The quantitative estimate of drug-likeness (QED) is 0.487. The highest BCUT2D eigenvalue weighted by molar-refractivity contribution is 7.89. The average Bonchev–Trinajstić information content (AvgIpc) is 3.11. The van der Waals surface area contributed by atoms with E-state index in [0.29, 0.717) is 11.3 Å². The molecule has 6 heteroatoms. The summed E-state index contributed by atoms with van der Waals surface area (Å²) >= 11 is 0. The first-order valence-corrected chi connectivity index (χ1v) is 11.5. The van der Waals surface area contributed by atoms with Crippen LogP contribution >= 0.6 is 0 Å². The van der Waals surface area contributed by atoms with Gasteiger partial charge in [0.05, 0.1) is 4.90 Å². The third-order valence-electron chi connectivity index (χ3n) is 5.51. The molecule has 0 radical (unpaired) electrons. The van der Waals surface area contributed by atoms with Gasteiger partial charge in [-0.05, 0) is 41.3 Å². The highest BCUT2D eigenvalue weighted by atomic mass is 32.2. The molecule has 0 saturated carbocycles. The van der Waals surface area contributed by atoms with Gasteiger partial charge in [-0.25, -0.2) is 13.1 Å². The molecule has 0 saturated heterocycles. The van der Waals surface area contributed by atoms with E-state index >= 15 is 0 Å². The van der Waals surface area contributed by atoms with E-state index in [1.54, 1.807) is 24.5 Å². The lowest BCUT2D eigenvalue weighted by molar-refractivity contribution is 0.576. The van der Waals surface area contributed by atoms with Gasteiger partial charge in [0.2, 0.25) is 10.0 Å². The molecule has 4 rings (SSSR count). The molecule has 1 N–H and O–H groups in total. The van der Waals surface area contributed by atoms with Crippen LogP contribution in [0.25, 0.3) is 10.9 Å². The van der Waals surface area contributed by atoms with Gasteiger partial charge in [0.25, 0.3) is 0 Å². The van der Waals surface area contributed by atoms with Crippen LogP contribution in [0.3, 0.4) is 0 Å². The first kappa shape index (κ1) is 20.3. The van der Waals surface area contributed by atoms with Gasteiger partial charge in [0.1, 0.15) is 0 Å². The van der Waals surface area contributed by atoms with Gasteiger partial charge in [-0.3, -0.25) is 4.98 Å². The number of rotatable bonds is 7. The Hall–Kier alpha value is -2.96. The van der Waals surface area contributed by atoms with Crippen molar-refractivity contribution in [3.63, 3.8) is 0 Å². The summed E-state index contributed by atoms with van der Waals surface area (Å²) in [4.78, 5) is 4.61. The van der Waals surface area contributed by atoms with E-state index in [-0.39, 0.29) is 12.5 Å². The summed E-state index contributed by atoms with van der Waals surface area (Å²) in [7, 11) is -1.63. The van der Waals surface area contributed by atoms with E-state index in [2.05, 4.69) is 32.6 Å². The van der Waals surface area contributed by atoms with Gasteiger partial charge >= 0.3 is 0 Å². The number of fused-ring (bicyclic) bond motifs is 1. The molecule has 5 nitrogen and oxygen atoms in total. The fraction of sp³-hybridized carbons (Fsp3) is 0.208. The minimum Gasteiger partial charge on any atom is -0.350 e. The van der Waals surface area contributed by atoms with Crippen LogP contribution < -0.4 is 4.72 Å². The highest BCUT2D eigenvalue weighted by Crippen LogP contribution is 2.32. The average molecular weight is 420 g/mol. The molecular formula is C24H25N3O2S. The van der Waals surface area contributed by atoms with E-state index in [0.717, 1.165) is 27.6 Å². The molecule has 154 valence electrons. The molecular weight excluding hydrogens is 394 g/mol. The van der Waals surface area contributed by atoms with Gasteiger partial charge in [0, 0.05) is 49.0 Å². The third-order valence-corrected chi connectivity index (χ3v) is 7.03. The molecule has 0 aliphatic carbocycles. The first-order valence-electron chi connectivity index (χ1n) is 10.0. The Morgan fingerprint density at radius 1 is 1.03 bits per heavy atom. The number of benzene rings is 2. The summed E-state index contributed by atoms with van der Waals surface area (Å²) in [6.45, 7) is 2.21. The number of hydrogen-bond acceptors (Lipinski definition) is 3. The number of para-hydroxylation sites is 1. The van der Waals surface area contributed by atoms with Crippen molar-refractivity contribution in [3.05, 3.63) is 95.9 Å². The van der Waals surface area contributed by atoms with E-state index in [1.807, 2.05) is 50.4 Å². The molecule has 0 fully saturated rings. The molecule has 2 heterocycles. The number of aromatic nitrogens is 2. The molecule has 0 aliphatic heterocycles. The fourth-order valence-corrected chi connectivity index (χ4v) is 5.33. The number of sulfonamides is 1. The summed E-state index contributed by atoms with van der Waals surface area (Å²) in [5.41, 5.74) is 3.97. The molecule has 1 atom stereocenters. The Bertz CT molecular complexity index is 1260. The summed E-state index contributed by atoms with van der Waals surface area (Å²) in [5.74, 6) is -0.159. The Balaban J connectivity index is 1.73. The maximum atomic E-state index is 13.1. The molecule has 30 heavy (non-hydrogen) atoms. The lowest BCUT2D eigenvalue weighted by Crippen LogP contribution is -2.29. The summed E-state index contributed by atoms with van der Waals surface area (Å²) in [5, 5.41) is 1.11. The summed E-state index contributed by atoms with van der Waals surface area (Å²) in [6, 6.07) is 19.2. The van der Waals surface area contributed by atoms with Gasteiger partial charge in [-0.2, -0.15) is 0 Å². The summed E-state index contributed by atoms with van der Waals surface area (Å²) < 4.78 is 31.2. The minimum absolute atomic E-state index is 0.159. The third kappa shape index (κ3) is 3.88. The molecule has 1 unspecified atom stereocenters. The number of pyridine rings is 1. The normalized spacial score (nSPS) is 12.9. The standard InChI is InChI=1S/C24H25N3O2S/c1-3-18-9-4-7-13-24(18)30(28,29)26-16-21(19-10-8-14-25-15-19)22-17-27(2)23-12-6-5-11-20(22)23/h4-15,17,21,26H,3,16H2,1-2H3. The van der Waals surface area contributed by atoms with Crippen molar-refractivity contribution in [3.8, 4) is 0 Å². The van der Waals surface area contributed by atoms with Crippen molar-refractivity contribution < 1.29 is 8.42 Å². The van der Waals surface area contributed by atoms with Crippen molar-refractivity contribution in [2.24, 2.45) is 7.05 Å². The topological polar surface area (TPSA) is 64.0 Å². The monoisotopic (exact) mass is 419 g/mol. The molecule has 0 bridgehead atoms. The second-order valence-electron chi connectivity index (χ2n) is 7.36. The van der Waals surface area contributed by atoms with Gasteiger partial charge in [0.15, 0.2) is 0 Å². The van der Waals surface area contributed by atoms with Crippen LogP contribution in [0.4, 0.5) is 0 Å². The van der Waals surface area contributed by atoms with E-state index in [1.165, 1.54) is 0 Å². The zero-order chi connectivity index (χ0) is 21.1. The Morgan fingerprint density at radius 2 is 1.80 bits per heavy atom. The number of hydrogen-bond donors (Lipinski definition) is 1. The Kier molecular flexibility index (Phi) is 5.70. The predicted octanol–water partition coefficient (Wildman–Crippen LogP) is 4.25. The largest absolute Gasteiger partial charge is 0.350 e. The minimum atomic E-state index is -3.64. The summed E-state index contributed by atoms with van der Waals surface area (Å²) in [6.07, 6.45) is 6.27. The van der Waals surface area contributed by atoms with Crippen LogP contribution in [-0.2, 0) is 23.5 Å². The zero-order valence-electron chi connectivity index (χ0n) is 17.1. The van der Waals surface area contributed by atoms with Crippen LogP contribution in [0.1, 0.15) is 29.5 Å². The highest BCUT2D eigenvalue weighted by Gasteiger charge is 2.24. The van der Waals surface area contributed by atoms with Crippen LogP contribution in [-0.4, -0.2) is 24.5 Å². The van der Waals surface area contributed by atoms with Crippen molar-refractivity contribution in [1.82, 2.24) is 14.3 Å². The van der Waals surface area contributed by atoms with E-state index < -0.39 is 10.0 Å². The molecule has 0 aliphatic rings. The van der Waals surface area contributed by atoms with Crippen molar-refractivity contribution >= 4 is 20.9 Å². The van der Waals surface area contributed by atoms with Crippen LogP contribution in [0.2, 0.25) is 0 Å². The van der Waals surface area contributed by atoms with Crippen molar-refractivity contribution in [2.45, 2.75) is 24.2 Å². The van der Waals surface area contributed by atoms with Crippen LogP contribution in [0.5, 0.6) is 0 Å². The Labute approximate surface area is 177 Å². The zero-order valence-corrected chi connectivity index (χ0v) is 17.9. The van der Waals surface area contributed by atoms with E-state index in [9.17, 15) is 8.42 Å². The lowest BCUT2D eigenvalue weighted by atomic mass is 9.92. The molecule has 2 aromatic heterocycles. The molecule has 2 aromatic carbocycles. The van der Waals surface area contributed by atoms with Gasteiger partial charge < -0.3 is 4.57 Å². The van der Waals surface area contributed by atoms with Crippen molar-refractivity contribution in [1.29, 1.82) is 0 Å². The van der Waals surface area contributed by atoms with Crippen molar-refractivity contribution in [2.75, 3.05) is 6.54 Å². The van der Waals surface area contributed by atoms with Crippen LogP contribution in [0, 0.1) is 0 Å². The number of nitrogens with one attached hydrogen (secondary N) is 1. The second kappa shape index (κ2) is 8.42. The smallest absolute Gasteiger partial charge is 0.240 e. The Morgan fingerprint density at radius 3 is 2.57 bits per heavy atom. The fourth-order valence-electron chi connectivity index (χ4n) is 3.97.